The average molecular weight is 396 g/mol. The summed E-state index contributed by atoms with van der Waals surface area (Å²) in [6.07, 6.45) is 0. The molecule has 1 aliphatic heterocycles. The van der Waals surface area contributed by atoms with Crippen LogP contribution in [-0.2, 0) is 22.7 Å². The van der Waals surface area contributed by atoms with Crippen molar-refractivity contribution in [3.8, 4) is 17.2 Å². The number of nitrogens with zero attached hydrogens (tertiary/aromatic N) is 2. The molecule has 2 heterocycles. The van der Waals surface area contributed by atoms with Crippen LogP contribution in [0.3, 0.4) is 0 Å². The molecule has 0 spiro atoms. The molecule has 0 fully saturated rings. The van der Waals surface area contributed by atoms with Gasteiger partial charge >= 0.3 is 5.97 Å². The first-order valence-electron chi connectivity index (χ1n) is 8.73. The number of esters is 1. The summed E-state index contributed by atoms with van der Waals surface area (Å²) in [6.45, 7) is 1.61. The number of fused-ring (bicyclic) bond motifs is 1. The lowest BCUT2D eigenvalue weighted by Crippen LogP contribution is -2.15. The van der Waals surface area contributed by atoms with E-state index in [-0.39, 0.29) is 31.4 Å². The van der Waals surface area contributed by atoms with Gasteiger partial charge < -0.3 is 18.6 Å². The summed E-state index contributed by atoms with van der Waals surface area (Å²) in [5, 5.41) is 11.2. The van der Waals surface area contributed by atoms with Crippen LogP contribution in [0, 0.1) is 17.0 Å². The molecule has 0 atom stereocenters. The summed E-state index contributed by atoms with van der Waals surface area (Å²) in [6, 6.07) is 11.9. The molecule has 9 nitrogen and oxygen atoms in total. The van der Waals surface area contributed by atoms with Gasteiger partial charge in [-0.3, -0.25) is 10.1 Å². The van der Waals surface area contributed by atoms with Crippen LogP contribution in [0.2, 0.25) is 0 Å². The van der Waals surface area contributed by atoms with E-state index in [0.717, 1.165) is 5.56 Å². The number of carbonyl (C=O) groups is 1. The van der Waals surface area contributed by atoms with Gasteiger partial charge in [0.1, 0.15) is 18.1 Å². The van der Waals surface area contributed by atoms with E-state index in [4.69, 9.17) is 18.6 Å². The van der Waals surface area contributed by atoms with Gasteiger partial charge in [-0.15, -0.1) is 0 Å². The molecule has 0 N–H and O–H groups in total. The highest BCUT2D eigenvalue weighted by Crippen LogP contribution is 2.33. The van der Waals surface area contributed by atoms with Crippen molar-refractivity contribution < 1.29 is 28.3 Å². The van der Waals surface area contributed by atoms with Crippen molar-refractivity contribution in [3.05, 3.63) is 75.2 Å². The second-order valence-electron chi connectivity index (χ2n) is 6.33. The van der Waals surface area contributed by atoms with E-state index in [2.05, 4.69) is 4.98 Å². The SMILES string of the molecule is Cc1oc(-c2ccccc2)nc1C(=O)OCc1cc([N+](=O)[O-])cc2c1OCOC2. The number of nitro benzene ring substituents is 1. The zero-order valence-corrected chi connectivity index (χ0v) is 15.4. The number of hydrogen-bond donors (Lipinski definition) is 0. The second-order valence-corrected chi connectivity index (χ2v) is 6.33. The molecule has 0 saturated carbocycles. The largest absolute Gasteiger partial charge is 0.467 e. The lowest BCUT2D eigenvalue weighted by Gasteiger charge is -2.20. The Labute approximate surface area is 165 Å². The molecular weight excluding hydrogens is 380 g/mol. The zero-order chi connectivity index (χ0) is 20.4. The molecule has 3 aromatic rings. The van der Waals surface area contributed by atoms with Gasteiger partial charge in [0.15, 0.2) is 12.5 Å². The minimum Gasteiger partial charge on any atom is -0.467 e. The lowest BCUT2D eigenvalue weighted by molar-refractivity contribution is -0.385. The summed E-state index contributed by atoms with van der Waals surface area (Å²) >= 11 is 0. The highest BCUT2D eigenvalue weighted by atomic mass is 16.7. The van der Waals surface area contributed by atoms with E-state index in [9.17, 15) is 14.9 Å². The Morgan fingerprint density at radius 1 is 1.28 bits per heavy atom. The number of aromatic nitrogens is 1. The molecule has 0 aliphatic carbocycles. The summed E-state index contributed by atoms with van der Waals surface area (Å²) in [5.74, 6) is 0.361. The number of non-ortho nitro benzene ring substituents is 1. The molecule has 0 unspecified atom stereocenters. The number of hydrogen-bond acceptors (Lipinski definition) is 8. The highest BCUT2D eigenvalue weighted by Gasteiger charge is 2.24. The first-order valence-corrected chi connectivity index (χ1v) is 8.73. The average Bonchev–Trinajstić information content (AvgIpc) is 3.14. The lowest BCUT2D eigenvalue weighted by atomic mass is 10.1. The Bertz CT molecular complexity index is 1080. The number of aryl methyl sites for hydroxylation is 1. The third kappa shape index (κ3) is 3.81. The standard InChI is InChI=1S/C20H16N2O7/c1-12-17(21-19(29-12)13-5-3-2-4-6-13)20(23)27-10-15-8-16(22(24)25)7-14-9-26-11-28-18(14)15/h2-8H,9-11H2,1H3. The number of nitro groups is 1. The summed E-state index contributed by atoms with van der Waals surface area (Å²) < 4.78 is 21.5. The Kier molecular flexibility index (Phi) is 4.96. The number of rotatable bonds is 5. The van der Waals surface area contributed by atoms with Gasteiger partial charge in [0.2, 0.25) is 5.89 Å². The van der Waals surface area contributed by atoms with Crippen molar-refractivity contribution in [2.45, 2.75) is 20.1 Å². The van der Waals surface area contributed by atoms with Crippen LogP contribution in [0.25, 0.3) is 11.5 Å². The van der Waals surface area contributed by atoms with Gasteiger partial charge in [0.05, 0.1) is 11.5 Å². The van der Waals surface area contributed by atoms with Crippen molar-refractivity contribution in [3.63, 3.8) is 0 Å². The molecule has 1 aliphatic rings. The van der Waals surface area contributed by atoms with Crippen molar-refractivity contribution in [1.82, 2.24) is 4.98 Å². The van der Waals surface area contributed by atoms with Crippen molar-refractivity contribution in [2.24, 2.45) is 0 Å². The van der Waals surface area contributed by atoms with Gasteiger partial charge in [-0.05, 0) is 19.1 Å². The molecule has 9 heteroatoms. The summed E-state index contributed by atoms with van der Waals surface area (Å²) in [7, 11) is 0. The maximum absolute atomic E-state index is 12.5. The van der Waals surface area contributed by atoms with Gasteiger partial charge in [-0.25, -0.2) is 9.78 Å². The molecule has 29 heavy (non-hydrogen) atoms. The number of carbonyl (C=O) groups excluding carboxylic acids is 1. The van der Waals surface area contributed by atoms with Crippen LogP contribution in [0.4, 0.5) is 5.69 Å². The molecule has 0 bridgehead atoms. The third-order valence-corrected chi connectivity index (χ3v) is 4.35. The van der Waals surface area contributed by atoms with Crippen molar-refractivity contribution in [2.75, 3.05) is 6.79 Å². The fraction of sp³-hybridized carbons (Fsp3) is 0.200. The topological polar surface area (TPSA) is 114 Å². The maximum atomic E-state index is 12.5. The summed E-state index contributed by atoms with van der Waals surface area (Å²) in [4.78, 5) is 27.4. The number of benzene rings is 2. The second kappa shape index (κ2) is 7.72. The van der Waals surface area contributed by atoms with E-state index in [1.807, 2.05) is 30.3 Å². The van der Waals surface area contributed by atoms with Gasteiger partial charge in [-0.2, -0.15) is 0 Å². The normalized spacial score (nSPS) is 12.7. The van der Waals surface area contributed by atoms with E-state index in [0.29, 0.717) is 28.5 Å². The van der Waals surface area contributed by atoms with Gasteiger partial charge in [0.25, 0.3) is 5.69 Å². The van der Waals surface area contributed by atoms with Gasteiger partial charge in [-0.1, -0.05) is 18.2 Å². The number of oxazole rings is 1. The predicted octanol–water partition coefficient (Wildman–Crippen LogP) is 3.78. The van der Waals surface area contributed by atoms with Crippen LogP contribution in [0.15, 0.2) is 46.9 Å². The predicted molar refractivity (Wildman–Crippen MR) is 99.2 cm³/mol. The Morgan fingerprint density at radius 2 is 2.07 bits per heavy atom. The van der Waals surface area contributed by atoms with E-state index in [1.54, 1.807) is 6.92 Å². The van der Waals surface area contributed by atoms with Crippen molar-refractivity contribution in [1.29, 1.82) is 0 Å². The van der Waals surface area contributed by atoms with E-state index in [1.165, 1.54) is 12.1 Å². The Morgan fingerprint density at radius 3 is 2.83 bits per heavy atom. The highest BCUT2D eigenvalue weighted by molar-refractivity contribution is 5.89. The number of ether oxygens (including phenoxy) is 3. The molecule has 148 valence electrons. The van der Waals surface area contributed by atoms with Crippen LogP contribution in [-0.4, -0.2) is 22.7 Å². The molecule has 2 aromatic carbocycles. The molecule has 1 aromatic heterocycles. The quantitative estimate of drug-likeness (QED) is 0.364. The van der Waals surface area contributed by atoms with Crippen LogP contribution < -0.4 is 4.74 Å². The molecular formula is C20H16N2O7. The zero-order valence-electron chi connectivity index (χ0n) is 15.4. The Hall–Kier alpha value is -3.72. The fourth-order valence-electron chi connectivity index (χ4n) is 3.00. The van der Waals surface area contributed by atoms with E-state index < -0.39 is 10.9 Å². The fourth-order valence-corrected chi connectivity index (χ4v) is 3.00. The van der Waals surface area contributed by atoms with Crippen LogP contribution in [0.5, 0.6) is 5.75 Å². The molecule has 4 rings (SSSR count). The molecule has 0 saturated heterocycles. The first kappa shape index (κ1) is 18.6. The summed E-state index contributed by atoms with van der Waals surface area (Å²) in [5.41, 5.74) is 1.56. The molecule has 0 amide bonds. The maximum Gasteiger partial charge on any atom is 0.360 e. The molecule has 0 radical (unpaired) electrons. The minimum absolute atomic E-state index is 0.0224. The Balaban J connectivity index is 1.55. The van der Waals surface area contributed by atoms with Crippen LogP contribution >= 0.6 is 0 Å². The minimum atomic E-state index is -0.694. The first-order chi connectivity index (χ1) is 14.0. The van der Waals surface area contributed by atoms with Gasteiger partial charge in [0, 0.05) is 28.8 Å². The third-order valence-electron chi connectivity index (χ3n) is 4.35. The van der Waals surface area contributed by atoms with E-state index >= 15 is 0 Å². The van der Waals surface area contributed by atoms with Crippen LogP contribution in [0.1, 0.15) is 27.4 Å². The van der Waals surface area contributed by atoms with Crippen molar-refractivity contribution >= 4 is 11.7 Å². The smallest absolute Gasteiger partial charge is 0.360 e. The monoisotopic (exact) mass is 396 g/mol.